The van der Waals surface area contributed by atoms with E-state index in [9.17, 15) is 9.59 Å². The topological polar surface area (TPSA) is 115 Å². The highest BCUT2D eigenvalue weighted by atomic mass is 16.5. The zero-order valence-electron chi connectivity index (χ0n) is 19.3. The lowest BCUT2D eigenvalue weighted by atomic mass is 10.1. The van der Waals surface area contributed by atoms with Gasteiger partial charge in [-0.25, -0.2) is 14.8 Å². The Balaban J connectivity index is 1.27. The zero-order chi connectivity index (χ0) is 24.4. The molecule has 0 bridgehead atoms. The van der Waals surface area contributed by atoms with Gasteiger partial charge >= 0.3 is 6.03 Å². The van der Waals surface area contributed by atoms with E-state index < -0.39 is 0 Å². The number of likely N-dealkylation sites (tertiary alicyclic amines) is 1. The van der Waals surface area contributed by atoms with E-state index in [-0.39, 0.29) is 17.9 Å². The van der Waals surface area contributed by atoms with Crippen LogP contribution in [0.4, 0.5) is 10.5 Å². The molecule has 1 aliphatic heterocycles. The minimum absolute atomic E-state index is 0.106. The van der Waals surface area contributed by atoms with Gasteiger partial charge in [0, 0.05) is 36.4 Å². The van der Waals surface area contributed by atoms with Crippen LogP contribution in [0.1, 0.15) is 17.7 Å². The van der Waals surface area contributed by atoms with Crippen molar-refractivity contribution in [1.29, 1.82) is 0 Å². The molecule has 0 aliphatic carbocycles. The monoisotopic (exact) mass is 470 g/mol. The van der Waals surface area contributed by atoms with Crippen LogP contribution in [0.2, 0.25) is 0 Å². The molecule has 9 nitrogen and oxygen atoms in total. The molecular weight excluding hydrogens is 444 g/mol. The second kappa shape index (κ2) is 9.55. The van der Waals surface area contributed by atoms with Gasteiger partial charge < -0.3 is 15.8 Å². The molecule has 0 spiro atoms. The van der Waals surface area contributed by atoms with Crippen LogP contribution < -0.4 is 15.8 Å². The third kappa shape index (κ3) is 5.15. The van der Waals surface area contributed by atoms with Crippen molar-refractivity contribution in [2.75, 3.05) is 18.4 Å². The SMILES string of the molecule is Cc1cccc(NC(=O)n2ccc3cc(Oc4cc(CN5CCC(C(N)=O)C5)ncn4)ccc32)c1. The molecule has 2 amide bonds. The van der Waals surface area contributed by atoms with E-state index >= 15 is 0 Å². The van der Waals surface area contributed by atoms with Crippen LogP contribution in [0.15, 0.2) is 67.1 Å². The molecule has 3 N–H and O–H groups in total. The van der Waals surface area contributed by atoms with Crippen LogP contribution in [0.3, 0.4) is 0 Å². The van der Waals surface area contributed by atoms with Crippen molar-refractivity contribution in [1.82, 2.24) is 19.4 Å². The maximum Gasteiger partial charge on any atom is 0.330 e. The van der Waals surface area contributed by atoms with Gasteiger partial charge in [-0.3, -0.25) is 14.3 Å². The number of benzene rings is 2. The van der Waals surface area contributed by atoms with Gasteiger partial charge in [-0.05, 0) is 61.9 Å². The van der Waals surface area contributed by atoms with Gasteiger partial charge in [0.15, 0.2) is 0 Å². The number of aromatic nitrogens is 3. The van der Waals surface area contributed by atoms with Crippen LogP contribution in [0.5, 0.6) is 11.6 Å². The van der Waals surface area contributed by atoms with Crippen LogP contribution in [-0.4, -0.2) is 44.5 Å². The summed E-state index contributed by atoms with van der Waals surface area (Å²) in [4.78, 5) is 34.9. The predicted octanol–water partition coefficient (Wildman–Crippen LogP) is 3.92. The largest absolute Gasteiger partial charge is 0.439 e. The number of aryl methyl sites for hydroxylation is 1. The molecule has 0 saturated carbocycles. The molecule has 2 aromatic carbocycles. The van der Waals surface area contributed by atoms with E-state index in [4.69, 9.17) is 10.5 Å². The van der Waals surface area contributed by atoms with Crippen molar-refractivity contribution in [3.63, 3.8) is 0 Å². The van der Waals surface area contributed by atoms with Gasteiger partial charge in [-0.15, -0.1) is 0 Å². The van der Waals surface area contributed by atoms with E-state index in [1.165, 1.54) is 6.33 Å². The molecule has 1 aliphatic rings. The normalized spacial score (nSPS) is 15.9. The Labute approximate surface area is 202 Å². The first-order valence-corrected chi connectivity index (χ1v) is 11.4. The Bertz CT molecular complexity index is 1400. The first-order valence-electron chi connectivity index (χ1n) is 11.4. The number of primary amides is 1. The summed E-state index contributed by atoms with van der Waals surface area (Å²) < 4.78 is 7.55. The number of nitrogens with two attached hydrogens (primary N) is 1. The molecule has 9 heteroatoms. The second-order valence-electron chi connectivity index (χ2n) is 8.78. The van der Waals surface area contributed by atoms with Crippen molar-refractivity contribution < 1.29 is 14.3 Å². The lowest BCUT2D eigenvalue weighted by Gasteiger charge is -2.15. The van der Waals surface area contributed by atoms with E-state index in [1.54, 1.807) is 22.9 Å². The number of rotatable bonds is 6. The number of nitrogens with zero attached hydrogens (tertiary/aromatic N) is 4. The third-order valence-corrected chi connectivity index (χ3v) is 6.13. The average Bonchev–Trinajstić information content (AvgIpc) is 3.46. The Hall–Kier alpha value is -4.24. The fourth-order valence-electron chi connectivity index (χ4n) is 4.35. The van der Waals surface area contributed by atoms with Gasteiger partial charge in [0.25, 0.3) is 0 Å². The Morgan fingerprint density at radius 1 is 1.14 bits per heavy atom. The zero-order valence-corrected chi connectivity index (χ0v) is 19.3. The second-order valence-corrected chi connectivity index (χ2v) is 8.78. The molecule has 0 radical (unpaired) electrons. The highest BCUT2D eigenvalue weighted by Crippen LogP contribution is 2.26. The summed E-state index contributed by atoms with van der Waals surface area (Å²) in [5, 5.41) is 3.79. The standard InChI is InChI=1S/C26H26N6O3/c1-17-3-2-4-20(11-17)30-26(34)32-10-8-18-12-22(5-6-23(18)32)35-24-13-21(28-16-29-24)15-31-9-7-19(14-31)25(27)33/h2-6,8,10-13,16,19H,7,9,14-15H2,1H3,(H2,27,33)(H,30,34). The summed E-state index contributed by atoms with van der Waals surface area (Å²) in [5.41, 5.74) is 8.82. The maximum atomic E-state index is 12.8. The highest BCUT2D eigenvalue weighted by Gasteiger charge is 2.26. The molecule has 3 heterocycles. The van der Waals surface area contributed by atoms with Gasteiger partial charge in [-0.2, -0.15) is 0 Å². The quantitative estimate of drug-likeness (QED) is 0.441. The van der Waals surface area contributed by atoms with Gasteiger partial charge in [0.1, 0.15) is 12.1 Å². The Kier molecular flexibility index (Phi) is 6.15. The molecule has 1 saturated heterocycles. The predicted molar refractivity (Wildman–Crippen MR) is 132 cm³/mol. The smallest absolute Gasteiger partial charge is 0.330 e. The summed E-state index contributed by atoms with van der Waals surface area (Å²) in [6.07, 6.45) is 3.97. The van der Waals surface area contributed by atoms with Crippen molar-refractivity contribution in [2.45, 2.75) is 19.9 Å². The van der Waals surface area contributed by atoms with Crippen molar-refractivity contribution >= 4 is 28.5 Å². The van der Waals surface area contributed by atoms with E-state index in [0.29, 0.717) is 24.7 Å². The van der Waals surface area contributed by atoms with E-state index in [1.807, 2.05) is 49.4 Å². The molecular formula is C26H26N6O3. The number of hydrogen-bond acceptors (Lipinski definition) is 6. The number of carbonyl (C=O) groups is 2. The molecule has 4 aromatic rings. The van der Waals surface area contributed by atoms with Gasteiger partial charge in [0.2, 0.25) is 11.8 Å². The summed E-state index contributed by atoms with van der Waals surface area (Å²) in [5.74, 6) is 0.673. The number of anilines is 1. The molecule has 1 atom stereocenters. The van der Waals surface area contributed by atoms with Gasteiger partial charge in [-0.1, -0.05) is 12.1 Å². The summed E-state index contributed by atoms with van der Waals surface area (Å²) >= 11 is 0. The molecule has 1 fully saturated rings. The maximum absolute atomic E-state index is 12.8. The molecule has 1 unspecified atom stereocenters. The molecule has 35 heavy (non-hydrogen) atoms. The number of ether oxygens (including phenoxy) is 1. The van der Waals surface area contributed by atoms with Crippen molar-refractivity contribution in [3.8, 4) is 11.6 Å². The van der Waals surface area contributed by atoms with Crippen LogP contribution >= 0.6 is 0 Å². The number of carbonyl (C=O) groups excluding carboxylic acids is 2. The Morgan fingerprint density at radius 3 is 2.83 bits per heavy atom. The number of amides is 2. The van der Waals surface area contributed by atoms with Gasteiger partial charge in [0.05, 0.1) is 17.1 Å². The number of fused-ring (bicyclic) bond motifs is 1. The minimum atomic E-state index is -0.254. The third-order valence-electron chi connectivity index (χ3n) is 6.13. The number of nitrogens with one attached hydrogen (secondary N) is 1. The minimum Gasteiger partial charge on any atom is -0.439 e. The molecule has 178 valence electrons. The molecule has 2 aromatic heterocycles. The fourth-order valence-corrected chi connectivity index (χ4v) is 4.35. The first kappa shape index (κ1) is 22.5. The average molecular weight is 471 g/mol. The molecule has 5 rings (SSSR count). The van der Waals surface area contributed by atoms with Crippen LogP contribution in [-0.2, 0) is 11.3 Å². The summed E-state index contributed by atoms with van der Waals surface area (Å²) in [6, 6.07) is 16.6. The number of hydrogen-bond donors (Lipinski definition) is 2. The first-order chi connectivity index (χ1) is 16.9. The Morgan fingerprint density at radius 2 is 2.03 bits per heavy atom. The van der Waals surface area contributed by atoms with Crippen molar-refractivity contribution in [2.24, 2.45) is 11.7 Å². The van der Waals surface area contributed by atoms with E-state index in [2.05, 4.69) is 20.2 Å². The lowest BCUT2D eigenvalue weighted by Crippen LogP contribution is -2.27. The fraction of sp³-hybridized carbons (Fsp3) is 0.231. The van der Waals surface area contributed by atoms with Crippen LogP contribution in [0.25, 0.3) is 10.9 Å². The summed E-state index contributed by atoms with van der Waals surface area (Å²) in [7, 11) is 0. The summed E-state index contributed by atoms with van der Waals surface area (Å²) in [6.45, 7) is 4.02. The van der Waals surface area contributed by atoms with Crippen LogP contribution in [0, 0.1) is 12.8 Å². The van der Waals surface area contributed by atoms with E-state index in [0.717, 1.165) is 40.8 Å². The lowest BCUT2D eigenvalue weighted by molar-refractivity contribution is -0.121. The highest BCUT2D eigenvalue weighted by molar-refractivity contribution is 5.98. The van der Waals surface area contributed by atoms with Crippen molar-refractivity contribution in [3.05, 3.63) is 78.4 Å².